The van der Waals surface area contributed by atoms with E-state index in [4.69, 9.17) is 4.98 Å². The lowest BCUT2D eigenvalue weighted by Crippen LogP contribution is -2.18. The summed E-state index contributed by atoms with van der Waals surface area (Å²) in [4.78, 5) is 22.8. The SMILES string of the molecule is CCc1cccc(CC)c1NC(=O)c1nn(C)c2c1CCc1cnc(Nc3ccccc3Br)nc1-2. The molecule has 0 atom stereocenters. The number of carbonyl (C=O) groups is 1. The molecule has 5 rings (SSSR count). The highest BCUT2D eigenvalue weighted by atomic mass is 79.9. The van der Waals surface area contributed by atoms with E-state index in [2.05, 4.69) is 62.6 Å². The van der Waals surface area contributed by atoms with Gasteiger partial charge in [-0.25, -0.2) is 9.97 Å². The predicted octanol–water partition coefficient (Wildman–Crippen LogP) is 5.86. The number of fused-ring (bicyclic) bond motifs is 3. The van der Waals surface area contributed by atoms with Crippen molar-refractivity contribution in [2.24, 2.45) is 7.05 Å². The Kier molecular flexibility index (Phi) is 6.38. The number of nitrogens with one attached hydrogen (secondary N) is 2. The molecule has 35 heavy (non-hydrogen) atoms. The van der Waals surface area contributed by atoms with Crippen molar-refractivity contribution in [2.45, 2.75) is 39.5 Å². The standard InChI is InChI=1S/C27H27BrN6O/c1-4-16-9-8-10-17(5-2)22(16)31-26(35)24-19-14-13-18-15-29-27(30-21-12-7-6-11-20(21)28)32-23(18)25(19)34(3)33-24/h6-12,15H,4-5,13-14H2,1-3H3,(H,31,35)(H,29,30,32). The zero-order valence-corrected chi connectivity index (χ0v) is 21.6. The summed E-state index contributed by atoms with van der Waals surface area (Å²) < 4.78 is 2.70. The smallest absolute Gasteiger partial charge is 0.276 e. The second kappa shape index (κ2) is 9.62. The number of anilines is 3. The van der Waals surface area contributed by atoms with Crippen molar-refractivity contribution < 1.29 is 4.79 Å². The minimum absolute atomic E-state index is 0.179. The van der Waals surface area contributed by atoms with Gasteiger partial charge in [-0.1, -0.05) is 44.2 Å². The second-order valence-electron chi connectivity index (χ2n) is 8.58. The number of hydrogen-bond donors (Lipinski definition) is 2. The van der Waals surface area contributed by atoms with E-state index in [0.29, 0.717) is 11.6 Å². The van der Waals surface area contributed by atoms with E-state index >= 15 is 0 Å². The molecular formula is C27H27BrN6O. The van der Waals surface area contributed by atoms with Crippen LogP contribution in [0.1, 0.15) is 46.6 Å². The molecule has 2 heterocycles. The molecule has 7 nitrogen and oxygen atoms in total. The van der Waals surface area contributed by atoms with Crippen molar-refractivity contribution in [3.63, 3.8) is 0 Å². The second-order valence-corrected chi connectivity index (χ2v) is 9.44. The van der Waals surface area contributed by atoms with Crippen LogP contribution in [0.3, 0.4) is 0 Å². The summed E-state index contributed by atoms with van der Waals surface area (Å²) in [6, 6.07) is 14.0. The van der Waals surface area contributed by atoms with Gasteiger partial charge < -0.3 is 10.6 Å². The first-order chi connectivity index (χ1) is 17.0. The molecule has 0 unspecified atom stereocenters. The van der Waals surface area contributed by atoms with Crippen molar-refractivity contribution in [2.75, 3.05) is 10.6 Å². The van der Waals surface area contributed by atoms with E-state index in [1.807, 2.05) is 43.6 Å². The van der Waals surface area contributed by atoms with Gasteiger partial charge in [0, 0.05) is 29.0 Å². The number of halogens is 1. The van der Waals surface area contributed by atoms with Crippen LogP contribution in [0, 0.1) is 0 Å². The van der Waals surface area contributed by atoms with Gasteiger partial charge in [-0.2, -0.15) is 5.10 Å². The molecular weight excluding hydrogens is 504 g/mol. The van der Waals surface area contributed by atoms with Gasteiger partial charge in [-0.3, -0.25) is 9.48 Å². The fraction of sp³-hybridized carbons (Fsp3) is 0.259. The average Bonchev–Trinajstić information content (AvgIpc) is 3.22. The monoisotopic (exact) mass is 530 g/mol. The minimum atomic E-state index is -0.179. The van der Waals surface area contributed by atoms with E-state index in [9.17, 15) is 4.79 Å². The highest BCUT2D eigenvalue weighted by molar-refractivity contribution is 9.10. The molecule has 0 aliphatic heterocycles. The number of hydrogen-bond acceptors (Lipinski definition) is 5. The maximum Gasteiger partial charge on any atom is 0.276 e. The quantitative estimate of drug-likeness (QED) is 0.326. The van der Waals surface area contributed by atoms with Gasteiger partial charge in [0.15, 0.2) is 5.69 Å². The van der Waals surface area contributed by atoms with E-state index in [0.717, 1.165) is 75.2 Å². The number of aryl methyl sites for hydroxylation is 4. The number of nitrogens with zero attached hydrogens (tertiary/aromatic N) is 4. The molecule has 8 heteroatoms. The third-order valence-corrected chi connectivity index (χ3v) is 7.14. The Morgan fingerprint density at radius 3 is 2.51 bits per heavy atom. The molecule has 0 saturated heterocycles. The van der Waals surface area contributed by atoms with Crippen LogP contribution in [-0.2, 0) is 32.7 Å². The zero-order valence-electron chi connectivity index (χ0n) is 20.0. The summed E-state index contributed by atoms with van der Waals surface area (Å²) in [7, 11) is 1.87. The van der Waals surface area contributed by atoms with Gasteiger partial charge in [-0.15, -0.1) is 0 Å². The van der Waals surface area contributed by atoms with Gasteiger partial charge in [0.1, 0.15) is 0 Å². The Bertz CT molecular complexity index is 1410. The molecule has 1 amide bonds. The Balaban J connectivity index is 1.50. The number of benzene rings is 2. The van der Waals surface area contributed by atoms with Gasteiger partial charge in [0.05, 0.1) is 17.1 Å². The first-order valence-electron chi connectivity index (χ1n) is 11.9. The molecule has 0 spiro atoms. The highest BCUT2D eigenvalue weighted by Crippen LogP contribution is 2.35. The molecule has 0 fully saturated rings. The Hall–Kier alpha value is -3.52. The lowest BCUT2D eigenvalue weighted by atomic mass is 9.93. The van der Waals surface area contributed by atoms with Crippen molar-refractivity contribution in [3.8, 4) is 11.4 Å². The van der Waals surface area contributed by atoms with Gasteiger partial charge in [-0.05, 0) is 70.4 Å². The van der Waals surface area contributed by atoms with Crippen LogP contribution >= 0.6 is 15.9 Å². The highest BCUT2D eigenvalue weighted by Gasteiger charge is 2.29. The zero-order chi connectivity index (χ0) is 24.5. The normalized spacial score (nSPS) is 12.1. The first kappa shape index (κ1) is 23.2. The Morgan fingerprint density at radius 1 is 1.06 bits per heavy atom. The molecule has 1 aliphatic rings. The lowest BCUT2D eigenvalue weighted by Gasteiger charge is -2.18. The molecule has 0 radical (unpaired) electrons. The van der Waals surface area contributed by atoms with Crippen LogP contribution in [0.15, 0.2) is 53.1 Å². The fourth-order valence-corrected chi connectivity index (χ4v) is 5.04. The summed E-state index contributed by atoms with van der Waals surface area (Å²) in [5.41, 5.74) is 8.16. The molecule has 1 aliphatic carbocycles. The molecule has 0 saturated carbocycles. The summed E-state index contributed by atoms with van der Waals surface area (Å²) in [5, 5.41) is 11.1. The van der Waals surface area contributed by atoms with Crippen LogP contribution in [0.5, 0.6) is 0 Å². The van der Waals surface area contributed by atoms with E-state index in [1.54, 1.807) is 4.68 Å². The van der Waals surface area contributed by atoms with E-state index in [-0.39, 0.29) is 5.91 Å². The topological polar surface area (TPSA) is 84.7 Å². The molecule has 178 valence electrons. The fourth-order valence-electron chi connectivity index (χ4n) is 4.66. The van der Waals surface area contributed by atoms with Crippen molar-refractivity contribution in [1.82, 2.24) is 19.7 Å². The molecule has 2 aromatic carbocycles. The number of rotatable bonds is 6. The van der Waals surface area contributed by atoms with Crippen molar-refractivity contribution >= 4 is 39.2 Å². The first-order valence-corrected chi connectivity index (χ1v) is 12.6. The molecule has 2 aromatic heterocycles. The Morgan fingerprint density at radius 2 is 1.80 bits per heavy atom. The molecule has 4 aromatic rings. The van der Waals surface area contributed by atoms with Gasteiger partial charge in [0.25, 0.3) is 5.91 Å². The van der Waals surface area contributed by atoms with Crippen LogP contribution in [0.2, 0.25) is 0 Å². The number of amides is 1. The lowest BCUT2D eigenvalue weighted by molar-refractivity contribution is 0.102. The molecule has 0 bridgehead atoms. The van der Waals surface area contributed by atoms with Crippen LogP contribution in [0.4, 0.5) is 17.3 Å². The van der Waals surface area contributed by atoms with Crippen molar-refractivity contribution in [3.05, 3.63) is 81.1 Å². The summed E-state index contributed by atoms with van der Waals surface area (Å²) in [6.07, 6.45) is 5.04. The number of para-hydroxylation sites is 2. The summed E-state index contributed by atoms with van der Waals surface area (Å²) >= 11 is 3.56. The summed E-state index contributed by atoms with van der Waals surface area (Å²) in [6.45, 7) is 4.20. The summed E-state index contributed by atoms with van der Waals surface area (Å²) in [5.74, 6) is 0.321. The van der Waals surface area contributed by atoms with Crippen LogP contribution < -0.4 is 10.6 Å². The van der Waals surface area contributed by atoms with Gasteiger partial charge in [0.2, 0.25) is 5.95 Å². The van der Waals surface area contributed by atoms with Crippen LogP contribution in [-0.4, -0.2) is 25.7 Å². The molecule has 2 N–H and O–H groups in total. The third-order valence-electron chi connectivity index (χ3n) is 6.45. The minimum Gasteiger partial charge on any atom is -0.323 e. The predicted molar refractivity (Wildman–Crippen MR) is 142 cm³/mol. The van der Waals surface area contributed by atoms with Gasteiger partial charge >= 0.3 is 0 Å². The maximum atomic E-state index is 13.5. The van der Waals surface area contributed by atoms with E-state index in [1.165, 1.54) is 0 Å². The number of aromatic nitrogens is 4. The average molecular weight is 531 g/mol. The Labute approximate surface area is 213 Å². The van der Waals surface area contributed by atoms with Crippen LogP contribution in [0.25, 0.3) is 11.4 Å². The van der Waals surface area contributed by atoms with Crippen molar-refractivity contribution in [1.29, 1.82) is 0 Å². The largest absolute Gasteiger partial charge is 0.323 e. The maximum absolute atomic E-state index is 13.5. The number of carbonyl (C=O) groups excluding carboxylic acids is 1. The third kappa shape index (κ3) is 4.34. The van der Waals surface area contributed by atoms with E-state index < -0.39 is 0 Å².